The van der Waals surface area contributed by atoms with Crippen molar-refractivity contribution in [3.8, 4) is 0 Å². The van der Waals surface area contributed by atoms with Crippen LogP contribution in [0, 0.1) is 11.7 Å². The molecule has 0 radical (unpaired) electrons. The summed E-state index contributed by atoms with van der Waals surface area (Å²) in [5, 5.41) is 2.94. The number of rotatable bonds is 4. The van der Waals surface area contributed by atoms with Crippen LogP contribution in [0.25, 0.3) is 11.0 Å². The summed E-state index contributed by atoms with van der Waals surface area (Å²) >= 11 is 0. The van der Waals surface area contributed by atoms with Crippen LogP contribution in [0.4, 0.5) is 4.39 Å². The van der Waals surface area contributed by atoms with Crippen LogP contribution in [0.5, 0.6) is 0 Å². The highest BCUT2D eigenvalue weighted by molar-refractivity contribution is 5.94. The molecule has 0 aliphatic heterocycles. The predicted molar refractivity (Wildman–Crippen MR) is 87.5 cm³/mol. The Hall–Kier alpha value is -2.69. The Balaban J connectivity index is 1.88. The molecule has 0 spiro atoms. The minimum atomic E-state index is -0.428. The molecule has 1 amide bonds. The monoisotopic (exact) mass is 311 g/mol. The summed E-state index contributed by atoms with van der Waals surface area (Å²) in [6.45, 7) is 4.01. The van der Waals surface area contributed by atoms with E-state index in [1.165, 1.54) is 18.2 Å². The van der Waals surface area contributed by atoms with Crippen LogP contribution in [0.3, 0.4) is 0 Å². The van der Waals surface area contributed by atoms with Crippen LogP contribution in [0.15, 0.2) is 48.5 Å². The number of imidazole rings is 1. The standard InChI is InChI=1S/C18H18FN3O/c1-11(2)16(17-20-14-8-3-4-9-15(14)21-17)22-18(23)12-6-5-7-13(19)10-12/h3-11,16H,1-2H3,(H,20,21)(H,22,23). The van der Waals surface area contributed by atoms with Gasteiger partial charge in [0.25, 0.3) is 5.91 Å². The van der Waals surface area contributed by atoms with E-state index in [0.29, 0.717) is 11.4 Å². The smallest absolute Gasteiger partial charge is 0.251 e. The number of aromatic nitrogens is 2. The molecule has 1 unspecified atom stereocenters. The van der Waals surface area contributed by atoms with Crippen molar-refractivity contribution >= 4 is 16.9 Å². The second-order valence-electron chi connectivity index (χ2n) is 5.84. The molecule has 118 valence electrons. The Kier molecular flexibility index (Phi) is 4.10. The predicted octanol–water partition coefficient (Wildman–Crippen LogP) is 3.83. The van der Waals surface area contributed by atoms with E-state index < -0.39 is 5.82 Å². The van der Waals surface area contributed by atoms with Gasteiger partial charge in [0.1, 0.15) is 11.6 Å². The molecule has 1 aromatic heterocycles. The minimum Gasteiger partial charge on any atom is -0.342 e. The van der Waals surface area contributed by atoms with Gasteiger partial charge >= 0.3 is 0 Å². The summed E-state index contributed by atoms with van der Waals surface area (Å²) in [5.74, 6) is 0.0881. The largest absolute Gasteiger partial charge is 0.342 e. The maximum Gasteiger partial charge on any atom is 0.251 e. The number of nitrogens with zero attached hydrogens (tertiary/aromatic N) is 1. The number of nitrogens with one attached hydrogen (secondary N) is 2. The average molecular weight is 311 g/mol. The van der Waals surface area contributed by atoms with Crippen LogP contribution in [-0.2, 0) is 0 Å². The lowest BCUT2D eigenvalue weighted by molar-refractivity contribution is 0.0923. The summed E-state index contributed by atoms with van der Waals surface area (Å²) in [6.07, 6.45) is 0. The molecule has 0 saturated heterocycles. The molecule has 5 heteroatoms. The maximum atomic E-state index is 13.3. The fourth-order valence-corrected chi connectivity index (χ4v) is 2.52. The van der Waals surface area contributed by atoms with Gasteiger partial charge in [-0.3, -0.25) is 4.79 Å². The van der Waals surface area contributed by atoms with Gasteiger partial charge in [-0.05, 0) is 36.2 Å². The van der Waals surface area contributed by atoms with Gasteiger partial charge in [0.15, 0.2) is 0 Å². The first-order valence-electron chi connectivity index (χ1n) is 7.55. The summed E-state index contributed by atoms with van der Waals surface area (Å²) in [5.41, 5.74) is 2.08. The van der Waals surface area contributed by atoms with Crippen LogP contribution >= 0.6 is 0 Å². The second kappa shape index (κ2) is 6.20. The lowest BCUT2D eigenvalue weighted by Gasteiger charge is -2.20. The normalized spacial score (nSPS) is 12.5. The van der Waals surface area contributed by atoms with Crippen LogP contribution in [0.1, 0.15) is 36.1 Å². The van der Waals surface area contributed by atoms with Gasteiger partial charge in [0, 0.05) is 5.56 Å². The Morgan fingerprint density at radius 1 is 1.17 bits per heavy atom. The molecule has 2 aromatic carbocycles. The number of benzene rings is 2. The van der Waals surface area contributed by atoms with Crippen molar-refractivity contribution in [3.63, 3.8) is 0 Å². The molecular formula is C18H18FN3O. The highest BCUT2D eigenvalue weighted by Gasteiger charge is 2.22. The van der Waals surface area contributed by atoms with Crippen molar-refractivity contribution in [1.29, 1.82) is 0 Å². The van der Waals surface area contributed by atoms with E-state index in [0.717, 1.165) is 11.0 Å². The second-order valence-corrected chi connectivity index (χ2v) is 5.84. The molecule has 0 aliphatic carbocycles. The number of hydrogen-bond acceptors (Lipinski definition) is 2. The first kappa shape index (κ1) is 15.2. The van der Waals surface area contributed by atoms with Crippen LogP contribution < -0.4 is 5.32 Å². The molecule has 4 nitrogen and oxygen atoms in total. The van der Waals surface area contributed by atoms with E-state index in [1.54, 1.807) is 6.07 Å². The zero-order chi connectivity index (χ0) is 16.4. The SMILES string of the molecule is CC(C)C(NC(=O)c1cccc(F)c1)c1nc2ccccc2[nH]1. The number of amides is 1. The van der Waals surface area contributed by atoms with Gasteiger partial charge in [-0.15, -0.1) is 0 Å². The quantitative estimate of drug-likeness (QED) is 0.769. The number of hydrogen-bond donors (Lipinski definition) is 2. The van der Waals surface area contributed by atoms with E-state index in [4.69, 9.17) is 0 Å². The molecule has 2 N–H and O–H groups in total. The fourth-order valence-electron chi connectivity index (χ4n) is 2.52. The molecule has 3 rings (SSSR count). The third-order valence-electron chi connectivity index (χ3n) is 3.74. The van der Waals surface area contributed by atoms with E-state index in [2.05, 4.69) is 15.3 Å². The minimum absolute atomic E-state index is 0.132. The Morgan fingerprint density at radius 3 is 2.65 bits per heavy atom. The zero-order valence-electron chi connectivity index (χ0n) is 13.0. The molecule has 0 aliphatic rings. The van der Waals surface area contributed by atoms with Gasteiger partial charge in [-0.2, -0.15) is 0 Å². The number of fused-ring (bicyclic) bond motifs is 1. The molecule has 0 bridgehead atoms. The van der Waals surface area contributed by atoms with Crippen LogP contribution in [-0.4, -0.2) is 15.9 Å². The summed E-state index contributed by atoms with van der Waals surface area (Å²) in [6, 6.07) is 13.1. The van der Waals surface area contributed by atoms with E-state index >= 15 is 0 Å². The van der Waals surface area contributed by atoms with E-state index in [-0.39, 0.29) is 17.9 Å². The molecule has 1 heterocycles. The topological polar surface area (TPSA) is 57.8 Å². The number of carbonyl (C=O) groups is 1. The van der Waals surface area contributed by atoms with Crippen molar-refractivity contribution < 1.29 is 9.18 Å². The Morgan fingerprint density at radius 2 is 1.96 bits per heavy atom. The number of para-hydroxylation sites is 2. The first-order valence-corrected chi connectivity index (χ1v) is 7.55. The third-order valence-corrected chi connectivity index (χ3v) is 3.74. The summed E-state index contributed by atoms with van der Waals surface area (Å²) in [7, 11) is 0. The molecule has 1 atom stereocenters. The molecule has 3 aromatic rings. The molecule has 0 saturated carbocycles. The zero-order valence-corrected chi connectivity index (χ0v) is 13.0. The van der Waals surface area contributed by atoms with Crippen molar-refractivity contribution in [1.82, 2.24) is 15.3 Å². The van der Waals surface area contributed by atoms with E-state index in [1.807, 2.05) is 38.1 Å². The summed E-state index contributed by atoms with van der Waals surface area (Å²) in [4.78, 5) is 20.2. The molecule has 0 fully saturated rings. The Bertz CT molecular complexity index is 808. The lowest BCUT2D eigenvalue weighted by Crippen LogP contribution is -2.32. The maximum absolute atomic E-state index is 13.3. The van der Waals surface area contributed by atoms with Gasteiger partial charge in [0.05, 0.1) is 17.1 Å². The summed E-state index contributed by atoms with van der Waals surface area (Å²) < 4.78 is 13.3. The Labute approximate surface area is 133 Å². The van der Waals surface area contributed by atoms with Crippen LogP contribution in [0.2, 0.25) is 0 Å². The fraction of sp³-hybridized carbons (Fsp3) is 0.222. The first-order chi connectivity index (χ1) is 11.0. The van der Waals surface area contributed by atoms with Crippen molar-refractivity contribution in [2.75, 3.05) is 0 Å². The van der Waals surface area contributed by atoms with Gasteiger partial charge in [0.2, 0.25) is 0 Å². The average Bonchev–Trinajstić information content (AvgIpc) is 2.95. The van der Waals surface area contributed by atoms with Crippen molar-refractivity contribution in [2.45, 2.75) is 19.9 Å². The molecule has 23 heavy (non-hydrogen) atoms. The van der Waals surface area contributed by atoms with Crippen molar-refractivity contribution in [2.24, 2.45) is 5.92 Å². The third kappa shape index (κ3) is 3.23. The van der Waals surface area contributed by atoms with Crippen molar-refractivity contribution in [3.05, 3.63) is 65.7 Å². The number of aromatic amines is 1. The highest BCUT2D eigenvalue weighted by atomic mass is 19.1. The van der Waals surface area contributed by atoms with E-state index in [9.17, 15) is 9.18 Å². The van der Waals surface area contributed by atoms with Gasteiger partial charge in [-0.1, -0.05) is 32.0 Å². The number of halogens is 1. The highest BCUT2D eigenvalue weighted by Crippen LogP contribution is 2.22. The van der Waals surface area contributed by atoms with Gasteiger partial charge in [-0.25, -0.2) is 9.37 Å². The number of carbonyl (C=O) groups excluding carboxylic acids is 1. The van der Waals surface area contributed by atoms with Gasteiger partial charge < -0.3 is 10.3 Å². The molecular weight excluding hydrogens is 293 g/mol. The number of H-pyrrole nitrogens is 1. The lowest BCUT2D eigenvalue weighted by atomic mass is 10.0.